The van der Waals surface area contributed by atoms with Crippen molar-refractivity contribution in [1.29, 1.82) is 0 Å². The summed E-state index contributed by atoms with van der Waals surface area (Å²) in [6.07, 6.45) is 1.89. The van der Waals surface area contributed by atoms with Crippen molar-refractivity contribution in [3.63, 3.8) is 0 Å². The highest BCUT2D eigenvalue weighted by Crippen LogP contribution is 2.23. The SMILES string of the molecule is CCOC(=O)CCCCN(Cc1ccc(C(=O)OC)cc1)CC(OCc1ccc(Br)cc1)c1ccccc1. The predicted octanol–water partition coefficient (Wildman–Crippen LogP) is 6.73. The number of nitrogens with zero attached hydrogens (tertiary/aromatic N) is 1. The molecule has 6 nitrogen and oxygen atoms in total. The van der Waals surface area contributed by atoms with Crippen LogP contribution in [0.3, 0.4) is 0 Å². The van der Waals surface area contributed by atoms with Crippen molar-refractivity contribution >= 4 is 27.9 Å². The van der Waals surface area contributed by atoms with E-state index in [1.807, 2.05) is 49.4 Å². The van der Waals surface area contributed by atoms with Gasteiger partial charge in [-0.1, -0.05) is 70.5 Å². The lowest BCUT2D eigenvalue weighted by atomic mass is 10.1. The van der Waals surface area contributed by atoms with Crippen LogP contribution in [0.4, 0.5) is 0 Å². The minimum Gasteiger partial charge on any atom is -0.466 e. The lowest BCUT2D eigenvalue weighted by Gasteiger charge is -2.28. The van der Waals surface area contributed by atoms with Gasteiger partial charge in [-0.15, -0.1) is 0 Å². The minimum absolute atomic E-state index is 0.140. The number of hydrogen-bond donors (Lipinski definition) is 0. The summed E-state index contributed by atoms with van der Waals surface area (Å²) in [5.74, 6) is -0.504. The molecule has 38 heavy (non-hydrogen) atoms. The third-order valence-electron chi connectivity index (χ3n) is 6.15. The van der Waals surface area contributed by atoms with Crippen LogP contribution in [0.1, 0.15) is 59.3 Å². The molecule has 0 aliphatic heterocycles. The molecular weight excluding hydrogens is 546 g/mol. The summed E-state index contributed by atoms with van der Waals surface area (Å²) >= 11 is 3.49. The summed E-state index contributed by atoms with van der Waals surface area (Å²) < 4.78 is 17.4. The van der Waals surface area contributed by atoms with Gasteiger partial charge in [-0.2, -0.15) is 0 Å². The fraction of sp³-hybridized carbons (Fsp3) is 0.355. The molecule has 1 unspecified atom stereocenters. The summed E-state index contributed by atoms with van der Waals surface area (Å²) in [7, 11) is 1.38. The van der Waals surface area contributed by atoms with Crippen molar-refractivity contribution in [1.82, 2.24) is 4.90 Å². The van der Waals surface area contributed by atoms with E-state index in [1.54, 1.807) is 12.1 Å². The Morgan fingerprint density at radius 2 is 1.58 bits per heavy atom. The first-order valence-corrected chi connectivity index (χ1v) is 13.7. The number of benzene rings is 3. The topological polar surface area (TPSA) is 65.1 Å². The second kappa shape index (κ2) is 16.1. The maximum Gasteiger partial charge on any atom is 0.337 e. The molecule has 0 N–H and O–H groups in total. The Morgan fingerprint density at radius 1 is 0.895 bits per heavy atom. The van der Waals surface area contributed by atoms with E-state index in [4.69, 9.17) is 14.2 Å². The second-order valence-corrected chi connectivity index (χ2v) is 9.94. The van der Waals surface area contributed by atoms with Gasteiger partial charge in [0.05, 0.1) is 32.0 Å². The lowest BCUT2D eigenvalue weighted by Crippen LogP contribution is -2.30. The minimum atomic E-state index is -0.349. The molecule has 3 rings (SSSR count). The average Bonchev–Trinajstić information content (AvgIpc) is 2.94. The molecule has 202 valence electrons. The van der Waals surface area contributed by atoms with Crippen molar-refractivity contribution in [3.05, 3.63) is 106 Å². The van der Waals surface area contributed by atoms with Crippen LogP contribution in [0, 0.1) is 0 Å². The summed E-state index contributed by atoms with van der Waals surface area (Å²) in [5.41, 5.74) is 3.83. The highest BCUT2D eigenvalue weighted by Gasteiger charge is 2.18. The number of unbranched alkanes of at least 4 members (excludes halogenated alkanes) is 1. The van der Waals surface area contributed by atoms with E-state index >= 15 is 0 Å². The number of halogens is 1. The van der Waals surface area contributed by atoms with Crippen molar-refractivity contribution in [2.24, 2.45) is 0 Å². The largest absolute Gasteiger partial charge is 0.466 e. The summed E-state index contributed by atoms with van der Waals surface area (Å²) in [4.78, 5) is 26.0. The molecule has 0 saturated heterocycles. The van der Waals surface area contributed by atoms with Gasteiger partial charge in [-0.25, -0.2) is 4.79 Å². The fourth-order valence-corrected chi connectivity index (χ4v) is 4.39. The van der Waals surface area contributed by atoms with E-state index in [0.717, 1.165) is 40.5 Å². The fourth-order valence-electron chi connectivity index (χ4n) is 4.13. The van der Waals surface area contributed by atoms with Crippen molar-refractivity contribution in [2.45, 2.75) is 45.4 Å². The quantitative estimate of drug-likeness (QED) is 0.146. The van der Waals surface area contributed by atoms with Gasteiger partial charge >= 0.3 is 11.9 Å². The van der Waals surface area contributed by atoms with Crippen LogP contribution in [0.15, 0.2) is 83.3 Å². The molecule has 3 aromatic rings. The summed E-state index contributed by atoms with van der Waals surface area (Å²) in [5, 5.41) is 0. The summed E-state index contributed by atoms with van der Waals surface area (Å²) in [6.45, 7) is 4.88. The van der Waals surface area contributed by atoms with Crippen molar-refractivity contribution in [2.75, 3.05) is 26.8 Å². The summed E-state index contributed by atoms with van der Waals surface area (Å²) in [6, 6.07) is 25.9. The molecule has 0 saturated carbocycles. The molecule has 0 aliphatic carbocycles. The standard InChI is InChI=1S/C31H36BrNO5/c1-3-37-30(34)11-7-8-20-33(21-24-12-16-27(17-13-24)31(35)36-2)22-29(26-9-5-4-6-10-26)38-23-25-14-18-28(32)19-15-25/h4-6,9-10,12-19,29H,3,7-8,11,20-23H2,1-2H3. The van der Waals surface area contributed by atoms with Crippen molar-refractivity contribution in [3.8, 4) is 0 Å². The Balaban J connectivity index is 1.73. The third-order valence-corrected chi connectivity index (χ3v) is 6.68. The first-order valence-electron chi connectivity index (χ1n) is 12.9. The van der Waals surface area contributed by atoms with Gasteiger partial charge < -0.3 is 14.2 Å². The normalized spacial score (nSPS) is 11.8. The number of methoxy groups -OCH3 is 1. The van der Waals surface area contributed by atoms with Crippen LogP contribution in [0.5, 0.6) is 0 Å². The number of hydrogen-bond acceptors (Lipinski definition) is 6. The van der Waals surface area contributed by atoms with Gasteiger partial charge in [0.2, 0.25) is 0 Å². The molecule has 7 heteroatoms. The second-order valence-electron chi connectivity index (χ2n) is 9.02. The molecular formula is C31H36BrNO5. The number of carbonyl (C=O) groups is 2. The zero-order valence-corrected chi connectivity index (χ0v) is 23.7. The number of rotatable bonds is 15. The third kappa shape index (κ3) is 10.0. The monoisotopic (exact) mass is 581 g/mol. The number of carbonyl (C=O) groups excluding carboxylic acids is 2. The van der Waals surface area contributed by atoms with Gasteiger partial charge in [0, 0.05) is 24.0 Å². The van der Waals surface area contributed by atoms with Crippen LogP contribution in [-0.4, -0.2) is 43.6 Å². The molecule has 0 bridgehead atoms. The first-order chi connectivity index (χ1) is 18.5. The van der Waals surface area contributed by atoms with Crippen LogP contribution >= 0.6 is 15.9 Å². The Morgan fingerprint density at radius 3 is 2.24 bits per heavy atom. The molecule has 1 atom stereocenters. The van der Waals surface area contributed by atoms with Crippen LogP contribution < -0.4 is 0 Å². The molecule has 3 aromatic carbocycles. The van der Waals surface area contributed by atoms with Crippen LogP contribution in [0.25, 0.3) is 0 Å². The van der Waals surface area contributed by atoms with Gasteiger partial charge in [0.25, 0.3) is 0 Å². The Hall–Kier alpha value is -3.00. The zero-order chi connectivity index (χ0) is 27.2. The zero-order valence-electron chi connectivity index (χ0n) is 22.1. The van der Waals surface area contributed by atoms with E-state index < -0.39 is 0 Å². The molecule has 0 aromatic heterocycles. The van der Waals surface area contributed by atoms with Gasteiger partial charge in [-0.3, -0.25) is 9.69 Å². The van der Waals surface area contributed by atoms with E-state index in [-0.39, 0.29) is 18.0 Å². The smallest absolute Gasteiger partial charge is 0.337 e. The molecule has 0 spiro atoms. The van der Waals surface area contributed by atoms with Gasteiger partial charge in [-0.05, 0) is 67.3 Å². The van der Waals surface area contributed by atoms with Crippen LogP contribution in [-0.2, 0) is 32.2 Å². The van der Waals surface area contributed by atoms with E-state index in [2.05, 4.69) is 45.1 Å². The molecule has 0 amide bonds. The van der Waals surface area contributed by atoms with E-state index in [9.17, 15) is 9.59 Å². The predicted molar refractivity (Wildman–Crippen MR) is 152 cm³/mol. The van der Waals surface area contributed by atoms with Crippen LogP contribution in [0.2, 0.25) is 0 Å². The molecule has 0 radical (unpaired) electrons. The van der Waals surface area contributed by atoms with Crippen molar-refractivity contribution < 1.29 is 23.8 Å². The van der Waals surface area contributed by atoms with E-state index in [1.165, 1.54) is 7.11 Å². The Labute approximate surface area is 234 Å². The highest BCUT2D eigenvalue weighted by atomic mass is 79.9. The van der Waals surface area contributed by atoms with E-state index in [0.29, 0.717) is 38.3 Å². The van der Waals surface area contributed by atoms with Gasteiger partial charge in [0.1, 0.15) is 0 Å². The highest BCUT2D eigenvalue weighted by molar-refractivity contribution is 9.10. The molecule has 0 aliphatic rings. The first kappa shape index (κ1) is 29.6. The number of ether oxygens (including phenoxy) is 3. The van der Waals surface area contributed by atoms with Gasteiger partial charge in [0.15, 0.2) is 0 Å². The molecule has 0 heterocycles. The Kier molecular flexibility index (Phi) is 12.5. The lowest BCUT2D eigenvalue weighted by molar-refractivity contribution is -0.143. The Bertz CT molecular complexity index is 1120. The maximum atomic E-state index is 11.8. The average molecular weight is 583 g/mol. The maximum absolute atomic E-state index is 11.8. The molecule has 0 fully saturated rings. The number of esters is 2.